The standard InChI is InChI=1S/C22H31BN8O4/c1-14(20(33)22(34)28-15-3-4-17(18(23)11-15)21(26)27-2)35-10-9-30(13-32)19-6-8-31(29-19)16(12-25)5-7-24/h3-8,11-14,20-21,24-25,27,33H,9-10,23,26H2,1-2H3,(H,28,34)/b16-5+,24-7?,25-12?. The van der Waals surface area contributed by atoms with E-state index in [-0.39, 0.29) is 19.3 Å². The largest absolute Gasteiger partial charge is 0.381 e. The topological polar surface area (TPSA) is 182 Å². The van der Waals surface area contributed by atoms with Crippen LogP contribution >= 0.6 is 0 Å². The van der Waals surface area contributed by atoms with Gasteiger partial charge >= 0.3 is 0 Å². The van der Waals surface area contributed by atoms with Crippen molar-refractivity contribution in [3.05, 3.63) is 42.1 Å². The molecule has 1 aromatic carbocycles. The molecule has 35 heavy (non-hydrogen) atoms. The van der Waals surface area contributed by atoms with Crippen LogP contribution in [0.2, 0.25) is 0 Å². The summed E-state index contributed by atoms with van der Waals surface area (Å²) in [7, 11) is 3.63. The number of nitrogens with two attached hydrogens (primary N) is 1. The number of hydrogen-bond acceptors (Lipinski definition) is 9. The molecule has 13 heteroatoms. The van der Waals surface area contributed by atoms with Gasteiger partial charge in [0.25, 0.3) is 5.91 Å². The van der Waals surface area contributed by atoms with Gasteiger partial charge in [0.05, 0.1) is 31.1 Å². The molecule has 3 unspecified atom stereocenters. The number of benzene rings is 1. The Bertz CT molecular complexity index is 1070. The van der Waals surface area contributed by atoms with Crippen molar-refractivity contribution in [1.82, 2.24) is 15.1 Å². The Morgan fingerprint density at radius 3 is 2.74 bits per heavy atom. The molecule has 7 N–H and O–H groups in total. The van der Waals surface area contributed by atoms with E-state index in [1.165, 1.54) is 15.7 Å². The van der Waals surface area contributed by atoms with Crippen molar-refractivity contribution >= 4 is 55.3 Å². The lowest BCUT2D eigenvalue weighted by Crippen LogP contribution is -2.39. The maximum atomic E-state index is 12.5. The number of anilines is 2. The highest BCUT2D eigenvalue weighted by molar-refractivity contribution is 6.33. The Balaban J connectivity index is 1.91. The lowest BCUT2D eigenvalue weighted by Gasteiger charge is -2.21. The summed E-state index contributed by atoms with van der Waals surface area (Å²) in [6.45, 7) is 1.73. The number of aliphatic hydroxyl groups is 1. The van der Waals surface area contributed by atoms with Gasteiger partial charge in [0.2, 0.25) is 6.41 Å². The minimum absolute atomic E-state index is 0.0422. The van der Waals surface area contributed by atoms with E-state index in [2.05, 4.69) is 15.7 Å². The highest BCUT2D eigenvalue weighted by Crippen LogP contribution is 2.13. The number of aromatic nitrogens is 2. The fraction of sp³-hybridized carbons (Fsp3) is 0.318. The number of aliphatic hydroxyl groups excluding tert-OH is 1. The molecule has 0 aliphatic heterocycles. The van der Waals surface area contributed by atoms with E-state index in [4.69, 9.17) is 21.3 Å². The van der Waals surface area contributed by atoms with Gasteiger partial charge in [0.1, 0.15) is 7.85 Å². The summed E-state index contributed by atoms with van der Waals surface area (Å²) in [6, 6.07) is 6.86. The first-order valence-corrected chi connectivity index (χ1v) is 10.9. The molecule has 1 aromatic heterocycles. The van der Waals surface area contributed by atoms with Crippen molar-refractivity contribution in [2.45, 2.75) is 25.3 Å². The van der Waals surface area contributed by atoms with Crippen LogP contribution in [0.5, 0.6) is 0 Å². The fourth-order valence-electron chi connectivity index (χ4n) is 3.22. The molecule has 0 radical (unpaired) electrons. The molecule has 12 nitrogen and oxygen atoms in total. The number of carbonyl (C=O) groups excluding carboxylic acids is 2. The first-order valence-electron chi connectivity index (χ1n) is 10.9. The number of nitrogens with zero attached hydrogens (tertiary/aromatic N) is 3. The van der Waals surface area contributed by atoms with Crippen LogP contribution in [0, 0.1) is 10.8 Å². The summed E-state index contributed by atoms with van der Waals surface area (Å²) in [5.41, 5.74) is 8.64. The number of amides is 2. The maximum absolute atomic E-state index is 12.5. The zero-order valence-corrected chi connectivity index (χ0v) is 19.9. The summed E-state index contributed by atoms with van der Waals surface area (Å²) < 4.78 is 6.93. The van der Waals surface area contributed by atoms with E-state index in [0.717, 1.165) is 23.5 Å². The Hall–Kier alpha value is -3.65. The van der Waals surface area contributed by atoms with Crippen LogP contribution in [-0.2, 0) is 14.3 Å². The molecule has 0 aliphatic carbocycles. The van der Waals surface area contributed by atoms with Crippen molar-refractivity contribution in [3.8, 4) is 0 Å². The second kappa shape index (κ2) is 13.3. The summed E-state index contributed by atoms with van der Waals surface area (Å²) in [4.78, 5) is 25.3. The van der Waals surface area contributed by atoms with Gasteiger partial charge in [-0.25, -0.2) is 4.68 Å². The smallest absolute Gasteiger partial charge is 0.255 e. The minimum atomic E-state index is -1.43. The molecular weight excluding hydrogens is 451 g/mol. The van der Waals surface area contributed by atoms with Crippen LogP contribution < -0.4 is 26.7 Å². The quantitative estimate of drug-likeness (QED) is 0.0848. The molecule has 1 heterocycles. The zero-order chi connectivity index (χ0) is 26.0. The average molecular weight is 482 g/mol. The van der Waals surface area contributed by atoms with Gasteiger partial charge in [-0.2, -0.15) is 0 Å². The molecule has 2 amide bonds. The molecule has 0 saturated carbocycles. The number of ether oxygens (including phenoxy) is 1. The van der Waals surface area contributed by atoms with Crippen LogP contribution in [0.15, 0.2) is 36.5 Å². The zero-order valence-electron chi connectivity index (χ0n) is 19.9. The van der Waals surface area contributed by atoms with Crippen molar-refractivity contribution in [2.75, 3.05) is 30.4 Å². The summed E-state index contributed by atoms with van der Waals surface area (Å²) in [6.07, 6.45) is 3.01. The molecule has 0 saturated heterocycles. The second-order valence-electron chi connectivity index (χ2n) is 7.67. The predicted molar refractivity (Wildman–Crippen MR) is 138 cm³/mol. The van der Waals surface area contributed by atoms with Crippen LogP contribution in [0.1, 0.15) is 18.7 Å². The Labute approximate surface area is 204 Å². The number of hydrogen-bond donors (Lipinski definition) is 6. The molecule has 186 valence electrons. The van der Waals surface area contributed by atoms with E-state index >= 15 is 0 Å². The summed E-state index contributed by atoms with van der Waals surface area (Å²) in [5, 5.41) is 34.7. The lowest BCUT2D eigenvalue weighted by molar-refractivity contribution is -0.131. The molecular formula is C22H31BN8O4. The highest BCUT2D eigenvalue weighted by Gasteiger charge is 2.24. The number of rotatable bonds is 14. The molecule has 0 fully saturated rings. The molecule has 0 aliphatic rings. The van der Waals surface area contributed by atoms with E-state index in [1.54, 1.807) is 44.4 Å². The molecule has 0 bridgehead atoms. The van der Waals surface area contributed by atoms with E-state index in [0.29, 0.717) is 23.6 Å². The lowest BCUT2D eigenvalue weighted by atomic mass is 9.88. The van der Waals surface area contributed by atoms with Gasteiger partial charge in [-0.15, -0.1) is 5.10 Å². The van der Waals surface area contributed by atoms with Crippen molar-refractivity contribution in [2.24, 2.45) is 5.73 Å². The molecule has 2 rings (SSSR count). The predicted octanol–water partition coefficient (Wildman–Crippen LogP) is -1.17. The number of carbonyl (C=O) groups is 2. The van der Waals surface area contributed by atoms with E-state index < -0.39 is 18.1 Å². The van der Waals surface area contributed by atoms with Gasteiger partial charge in [0.15, 0.2) is 11.9 Å². The van der Waals surface area contributed by atoms with Crippen molar-refractivity contribution in [3.63, 3.8) is 0 Å². The first-order chi connectivity index (χ1) is 16.7. The Morgan fingerprint density at radius 1 is 1.40 bits per heavy atom. The number of allylic oxidation sites excluding steroid dienone is 2. The van der Waals surface area contributed by atoms with Crippen LogP contribution in [0.4, 0.5) is 11.5 Å². The normalized spacial score (nSPS) is 14.0. The van der Waals surface area contributed by atoms with Crippen molar-refractivity contribution in [1.29, 1.82) is 10.8 Å². The Morgan fingerprint density at radius 2 is 2.14 bits per heavy atom. The van der Waals surface area contributed by atoms with Gasteiger partial charge < -0.3 is 37.0 Å². The summed E-state index contributed by atoms with van der Waals surface area (Å²) in [5.74, 6) is -0.296. The highest BCUT2D eigenvalue weighted by atomic mass is 16.5. The third kappa shape index (κ3) is 7.42. The van der Waals surface area contributed by atoms with Gasteiger partial charge in [-0.3, -0.25) is 14.5 Å². The minimum Gasteiger partial charge on any atom is -0.381 e. The molecule has 2 aromatic rings. The van der Waals surface area contributed by atoms with Crippen LogP contribution in [0.3, 0.4) is 0 Å². The monoisotopic (exact) mass is 482 g/mol. The van der Waals surface area contributed by atoms with Gasteiger partial charge in [0, 0.05) is 30.4 Å². The van der Waals surface area contributed by atoms with E-state index in [1.807, 2.05) is 7.85 Å². The SMILES string of the molecule is Bc1cc(NC(=O)C(O)C(C)OCCN(C=O)c2ccn(/C(C=N)=C/C=N)n2)ccc1C(N)NC. The molecule has 3 atom stereocenters. The van der Waals surface area contributed by atoms with Crippen LogP contribution in [-0.4, -0.2) is 79.9 Å². The number of nitrogens with one attached hydrogen (secondary N) is 4. The Kier molecular flexibility index (Phi) is 10.5. The molecule has 0 spiro atoms. The average Bonchev–Trinajstić information content (AvgIpc) is 3.33. The van der Waals surface area contributed by atoms with Crippen molar-refractivity contribution < 1.29 is 19.4 Å². The summed E-state index contributed by atoms with van der Waals surface area (Å²) >= 11 is 0. The van der Waals surface area contributed by atoms with E-state index in [9.17, 15) is 14.7 Å². The van der Waals surface area contributed by atoms with Crippen LogP contribution in [0.25, 0.3) is 5.70 Å². The third-order valence-electron chi connectivity index (χ3n) is 5.27. The maximum Gasteiger partial charge on any atom is 0.255 e. The second-order valence-corrected chi connectivity index (χ2v) is 7.67. The fourth-order valence-corrected chi connectivity index (χ4v) is 3.22. The third-order valence-corrected chi connectivity index (χ3v) is 5.27. The van der Waals surface area contributed by atoms with Gasteiger partial charge in [-0.05, 0) is 37.7 Å². The van der Waals surface area contributed by atoms with Gasteiger partial charge in [-0.1, -0.05) is 11.5 Å². The first kappa shape index (κ1) is 27.6.